The molecule has 206 valence electrons. The highest BCUT2D eigenvalue weighted by Crippen LogP contribution is 2.28. The van der Waals surface area contributed by atoms with Crippen LogP contribution in [0.5, 0.6) is 5.75 Å². The van der Waals surface area contributed by atoms with Gasteiger partial charge in [-0.1, -0.05) is 67.9 Å². The summed E-state index contributed by atoms with van der Waals surface area (Å²) in [4.78, 5) is 37.6. The fourth-order valence-corrected chi connectivity index (χ4v) is 4.05. The molecule has 9 heteroatoms. The Labute approximate surface area is 233 Å². The first-order chi connectivity index (χ1) is 18.6. The summed E-state index contributed by atoms with van der Waals surface area (Å²) in [7, 11) is 0. The lowest BCUT2D eigenvalue weighted by Crippen LogP contribution is -2.41. The van der Waals surface area contributed by atoms with Crippen LogP contribution in [0.15, 0.2) is 72.8 Å². The van der Waals surface area contributed by atoms with E-state index in [1.807, 2.05) is 44.2 Å². The molecule has 3 aromatic carbocycles. The Morgan fingerprint density at radius 3 is 2.31 bits per heavy atom. The van der Waals surface area contributed by atoms with Gasteiger partial charge in [0.15, 0.2) is 0 Å². The summed E-state index contributed by atoms with van der Waals surface area (Å²) in [6.45, 7) is 4.11. The molecule has 2 atom stereocenters. The molecule has 0 heterocycles. The first kappa shape index (κ1) is 29.7. The van der Waals surface area contributed by atoms with E-state index in [4.69, 9.17) is 22.1 Å². The molecule has 0 bridgehead atoms. The maximum atomic E-state index is 13.0. The molecular formula is C30H34ClN3O5. The Morgan fingerprint density at radius 1 is 0.974 bits per heavy atom. The van der Waals surface area contributed by atoms with Crippen LogP contribution < -0.4 is 21.1 Å². The topological polar surface area (TPSA) is 131 Å². The van der Waals surface area contributed by atoms with Crippen LogP contribution in [0.25, 0.3) is 0 Å². The Bertz CT molecular complexity index is 1270. The number of hydrogen-bond acceptors (Lipinski definition) is 5. The third kappa shape index (κ3) is 9.42. The zero-order valence-corrected chi connectivity index (χ0v) is 22.8. The van der Waals surface area contributed by atoms with Crippen molar-refractivity contribution in [3.8, 4) is 5.75 Å². The van der Waals surface area contributed by atoms with Gasteiger partial charge in [-0.15, -0.1) is 0 Å². The van der Waals surface area contributed by atoms with Gasteiger partial charge in [0.1, 0.15) is 18.4 Å². The Morgan fingerprint density at radius 2 is 1.67 bits per heavy atom. The molecule has 0 radical (unpaired) electrons. The summed E-state index contributed by atoms with van der Waals surface area (Å²) in [5.41, 5.74) is 8.39. The summed E-state index contributed by atoms with van der Waals surface area (Å²) >= 11 is 5.97. The average molecular weight is 552 g/mol. The fourth-order valence-electron chi connectivity index (χ4n) is 3.92. The number of carbonyl (C=O) groups excluding carboxylic acids is 2. The molecule has 8 nitrogen and oxygen atoms in total. The van der Waals surface area contributed by atoms with E-state index in [-0.39, 0.29) is 36.2 Å². The smallest absolute Gasteiger partial charge is 0.326 e. The number of nitrogens with two attached hydrogens (primary N) is 1. The maximum absolute atomic E-state index is 13.0. The lowest BCUT2D eigenvalue weighted by atomic mass is 10.0. The second-order valence-corrected chi connectivity index (χ2v) is 10.2. The van der Waals surface area contributed by atoms with Gasteiger partial charge in [0.25, 0.3) is 5.91 Å². The largest absolute Gasteiger partial charge is 0.487 e. The third-order valence-corrected chi connectivity index (χ3v) is 6.29. The first-order valence-electron chi connectivity index (χ1n) is 12.8. The van der Waals surface area contributed by atoms with E-state index >= 15 is 0 Å². The van der Waals surface area contributed by atoms with Crippen molar-refractivity contribution in [1.29, 1.82) is 0 Å². The predicted octanol–water partition coefficient (Wildman–Crippen LogP) is 5.05. The zero-order chi connectivity index (χ0) is 28.4. The molecule has 0 aliphatic rings. The molecule has 3 rings (SSSR count). The highest BCUT2D eigenvalue weighted by molar-refractivity contribution is 6.30. The number of carboxylic acid groups (broad SMARTS) is 1. The minimum absolute atomic E-state index is 0.151. The minimum Gasteiger partial charge on any atom is -0.487 e. The number of halogens is 1. The van der Waals surface area contributed by atoms with Gasteiger partial charge in [0.2, 0.25) is 5.91 Å². The van der Waals surface area contributed by atoms with Crippen LogP contribution >= 0.6 is 11.6 Å². The number of amides is 2. The Balaban J connectivity index is 1.78. The van der Waals surface area contributed by atoms with Crippen LogP contribution in [-0.4, -0.2) is 35.0 Å². The lowest BCUT2D eigenvalue weighted by molar-refractivity contribution is -0.139. The highest BCUT2D eigenvalue weighted by Gasteiger charge is 2.22. The summed E-state index contributed by atoms with van der Waals surface area (Å²) in [5, 5.41) is 15.7. The van der Waals surface area contributed by atoms with Crippen molar-refractivity contribution in [1.82, 2.24) is 5.32 Å². The van der Waals surface area contributed by atoms with Gasteiger partial charge in [-0.05, 0) is 66.6 Å². The van der Waals surface area contributed by atoms with E-state index in [0.29, 0.717) is 23.6 Å². The molecule has 39 heavy (non-hydrogen) atoms. The van der Waals surface area contributed by atoms with E-state index < -0.39 is 24.0 Å². The number of benzene rings is 3. The molecule has 0 saturated heterocycles. The van der Waals surface area contributed by atoms with E-state index in [0.717, 1.165) is 11.1 Å². The molecule has 0 aliphatic heterocycles. The van der Waals surface area contributed by atoms with E-state index in [1.165, 1.54) is 12.1 Å². The van der Waals surface area contributed by atoms with E-state index in [9.17, 15) is 19.5 Å². The van der Waals surface area contributed by atoms with Crippen molar-refractivity contribution in [3.05, 3.63) is 94.5 Å². The van der Waals surface area contributed by atoms with Gasteiger partial charge in [-0.2, -0.15) is 0 Å². The standard InChI is InChI=1S/C30H34ClN3O5/c1-19(2)16-24(32)29(36)33-25-15-11-22(17-27(25)39-18-21-8-12-23(31)13-9-21)28(35)34-26(30(37)38)14-10-20-6-4-3-5-7-20/h3-9,11-13,15,17,19,24,26H,10,14,16,18,32H2,1-2H3,(H,33,36)(H,34,35)(H,37,38)/t24-,26-/m0/s1. The normalized spacial score (nSPS) is 12.4. The first-order valence-corrected chi connectivity index (χ1v) is 13.2. The number of aryl methyl sites for hydroxylation is 1. The SMILES string of the molecule is CC(C)C[C@H](N)C(=O)Nc1ccc(C(=O)N[C@@H](CCc2ccccc2)C(=O)O)cc1OCc1ccc(Cl)cc1. The van der Waals surface area contributed by atoms with Crippen molar-refractivity contribution in [3.63, 3.8) is 0 Å². The Kier molecular flexibility index (Phi) is 10.9. The molecule has 0 aliphatic carbocycles. The Hall–Kier alpha value is -3.88. The minimum atomic E-state index is -1.12. The predicted molar refractivity (Wildman–Crippen MR) is 152 cm³/mol. The summed E-state index contributed by atoms with van der Waals surface area (Å²) in [6, 6.07) is 19.3. The third-order valence-electron chi connectivity index (χ3n) is 6.04. The quantitative estimate of drug-likeness (QED) is 0.235. The fraction of sp³-hybridized carbons (Fsp3) is 0.300. The second-order valence-electron chi connectivity index (χ2n) is 9.74. The average Bonchev–Trinajstić information content (AvgIpc) is 2.91. The van der Waals surface area contributed by atoms with Crippen LogP contribution in [0.4, 0.5) is 5.69 Å². The molecule has 3 aromatic rings. The summed E-state index contributed by atoms with van der Waals surface area (Å²) in [6.07, 6.45) is 1.23. The summed E-state index contributed by atoms with van der Waals surface area (Å²) < 4.78 is 5.98. The molecule has 2 amide bonds. The van der Waals surface area contributed by atoms with Crippen LogP contribution in [0, 0.1) is 5.92 Å². The molecule has 0 spiro atoms. The van der Waals surface area contributed by atoms with Crippen molar-refractivity contribution in [2.24, 2.45) is 11.7 Å². The molecule has 0 saturated carbocycles. The zero-order valence-electron chi connectivity index (χ0n) is 22.0. The van der Waals surface area contributed by atoms with Crippen LogP contribution in [0.2, 0.25) is 5.02 Å². The van der Waals surface area contributed by atoms with Gasteiger partial charge in [-0.3, -0.25) is 9.59 Å². The van der Waals surface area contributed by atoms with Gasteiger partial charge >= 0.3 is 5.97 Å². The second kappa shape index (κ2) is 14.3. The van der Waals surface area contributed by atoms with E-state index in [1.54, 1.807) is 30.3 Å². The molecule has 0 fully saturated rings. The molecular weight excluding hydrogens is 518 g/mol. The van der Waals surface area contributed by atoms with Crippen molar-refractivity contribution >= 4 is 35.1 Å². The number of nitrogens with one attached hydrogen (secondary N) is 2. The molecule has 0 aromatic heterocycles. The van der Waals surface area contributed by atoms with Crippen LogP contribution in [0.3, 0.4) is 0 Å². The highest BCUT2D eigenvalue weighted by atomic mass is 35.5. The monoisotopic (exact) mass is 551 g/mol. The van der Waals surface area contributed by atoms with Crippen molar-refractivity contribution in [2.45, 2.75) is 51.8 Å². The number of ether oxygens (including phenoxy) is 1. The number of aliphatic carboxylic acids is 1. The number of rotatable bonds is 13. The maximum Gasteiger partial charge on any atom is 0.326 e. The van der Waals surface area contributed by atoms with Gasteiger partial charge < -0.3 is 26.2 Å². The van der Waals surface area contributed by atoms with Crippen LogP contribution in [-0.2, 0) is 22.6 Å². The van der Waals surface area contributed by atoms with Gasteiger partial charge in [-0.25, -0.2) is 4.79 Å². The number of hydrogen-bond donors (Lipinski definition) is 4. The molecule has 0 unspecified atom stereocenters. The van der Waals surface area contributed by atoms with Gasteiger partial charge in [0, 0.05) is 10.6 Å². The summed E-state index contributed by atoms with van der Waals surface area (Å²) in [5.74, 6) is -1.58. The van der Waals surface area contributed by atoms with E-state index in [2.05, 4.69) is 10.6 Å². The van der Waals surface area contributed by atoms with Crippen molar-refractivity contribution < 1.29 is 24.2 Å². The van der Waals surface area contributed by atoms with Crippen molar-refractivity contribution in [2.75, 3.05) is 5.32 Å². The van der Waals surface area contributed by atoms with Gasteiger partial charge in [0.05, 0.1) is 11.7 Å². The number of carbonyl (C=O) groups is 3. The lowest BCUT2D eigenvalue weighted by Gasteiger charge is -2.18. The van der Waals surface area contributed by atoms with Crippen LogP contribution in [0.1, 0.15) is 48.2 Å². The number of anilines is 1. The number of carboxylic acids is 1. The molecule has 5 N–H and O–H groups in total.